The maximum absolute atomic E-state index is 12.1. The van der Waals surface area contributed by atoms with Crippen molar-refractivity contribution in [2.24, 2.45) is 0 Å². The summed E-state index contributed by atoms with van der Waals surface area (Å²) in [5.41, 5.74) is 1.82. The molecule has 1 saturated heterocycles. The Balaban J connectivity index is 1.69. The van der Waals surface area contributed by atoms with Crippen molar-refractivity contribution in [1.29, 1.82) is 0 Å². The van der Waals surface area contributed by atoms with Crippen molar-refractivity contribution in [3.8, 4) is 0 Å². The van der Waals surface area contributed by atoms with E-state index in [2.05, 4.69) is 29.2 Å². The SMILES string of the molecule is CC(Cn1cncn1)NC(C)c1cccc(N2CCCS2(=O)=O)c1. The normalized spacial score (nSPS) is 19.3. The van der Waals surface area contributed by atoms with Crippen LogP contribution in [0.4, 0.5) is 5.69 Å². The first kappa shape index (κ1) is 16.9. The van der Waals surface area contributed by atoms with Crippen molar-refractivity contribution in [3.05, 3.63) is 42.5 Å². The van der Waals surface area contributed by atoms with Crippen LogP contribution in [0, 0.1) is 0 Å². The average Bonchev–Trinajstić information content (AvgIpc) is 3.16. The molecule has 2 atom stereocenters. The summed E-state index contributed by atoms with van der Waals surface area (Å²) >= 11 is 0. The fourth-order valence-electron chi connectivity index (χ4n) is 3.06. The van der Waals surface area contributed by atoms with E-state index in [1.165, 1.54) is 10.6 Å². The second-order valence-electron chi connectivity index (χ2n) is 6.24. The first-order valence-corrected chi connectivity index (χ1v) is 9.75. The van der Waals surface area contributed by atoms with Gasteiger partial charge < -0.3 is 5.32 Å². The van der Waals surface area contributed by atoms with Crippen LogP contribution in [-0.2, 0) is 16.6 Å². The van der Waals surface area contributed by atoms with Gasteiger partial charge in [-0.25, -0.2) is 13.4 Å². The molecule has 0 saturated carbocycles. The molecule has 1 N–H and O–H groups in total. The van der Waals surface area contributed by atoms with E-state index in [-0.39, 0.29) is 17.8 Å². The molecule has 0 spiro atoms. The molecule has 2 unspecified atom stereocenters. The highest BCUT2D eigenvalue weighted by molar-refractivity contribution is 7.93. The van der Waals surface area contributed by atoms with E-state index in [4.69, 9.17) is 0 Å². The van der Waals surface area contributed by atoms with Gasteiger partial charge in [0.15, 0.2) is 0 Å². The van der Waals surface area contributed by atoms with Crippen LogP contribution in [0.15, 0.2) is 36.9 Å². The minimum absolute atomic E-state index is 0.105. The Morgan fingerprint density at radius 2 is 2.17 bits per heavy atom. The quantitative estimate of drug-likeness (QED) is 0.856. The molecule has 2 aromatic rings. The molecule has 1 aliphatic heterocycles. The molecule has 1 aliphatic rings. The summed E-state index contributed by atoms with van der Waals surface area (Å²) in [4.78, 5) is 3.94. The topological polar surface area (TPSA) is 80.1 Å². The van der Waals surface area contributed by atoms with Crippen LogP contribution in [-0.4, -0.2) is 41.5 Å². The Hall–Kier alpha value is -1.93. The van der Waals surface area contributed by atoms with E-state index in [1.54, 1.807) is 11.0 Å². The van der Waals surface area contributed by atoms with Crippen molar-refractivity contribution < 1.29 is 8.42 Å². The molecule has 130 valence electrons. The van der Waals surface area contributed by atoms with Gasteiger partial charge in [0.25, 0.3) is 0 Å². The van der Waals surface area contributed by atoms with E-state index in [1.807, 2.05) is 24.3 Å². The first-order valence-electron chi connectivity index (χ1n) is 8.14. The number of anilines is 1. The van der Waals surface area contributed by atoms with Gasteiger partial charge in [-0.05, 0) is 38.0 Å². The molecule has 1 aromatic carbocycles. The molecule has 1 aromatic heterocycles. The van der Waals surface area contributed by atoms with Gasteiger partial charge in [0.2, 0.25) is 10.0 Å². The Kier molecular flexibility index (Phi) is 4.86. The Morgan fingerprint density at radius 3 is 2.83 bits per heavy atom. The third-order valence-electron chi connectivity index (χ3n) is 4.22. The van der Waals surface area contributed by atoms with Crippen LogP contribution in [0.2, 0.25) is 0 Å². The molecule has 8 heteroatoms. The largest absolute Gasteiger partial charge is 0.306 e. The van der Waals surface area contributed by atoms with Crippen molar-refractivity contribution in [2.45, 2.75) is 38.9 Å². The number of hydrogen-bond acceptors (Lipinski definition) is 5. The van der Waals surface area contributed by atoms with Gasteiger partial charge in [0.1, 0.15) is 12.7 Å². The summed E-state index contributed by atoms with van der Waals surface area (Å²) in [6.07, 6.45) is 3.91. The van der Waals surface area contributed by atoms with Gasteiger partial charge >= 0.3 is 0 Å². The standard InChI is InChI=1S/C16H23N5O2S/c1-13(10-20-12-17-11-18-20)19-14(2)15-5-3-6-16(9-15)21-7-4-8-24(21,22)23/h3,5-6,9,11-14,19H,4,7-8,10H2,1-2H3. The minimum Gasteiger partial charge on any atom is -0.306 e. The van der Waals surface area contributed by atoms with Crippen LogP contribution >= 0.6 is 0 Å². The van der Waals surface area contributed by atoms with E-state index in [0.29, 0.717) is 13.0 Å². The lowest BCUT2D eigenvalue weighted by atomic mass is 10.1. The summed E-state index contributed by atoms with van der Waals surface area (Å²) in [7, 11) is -3.15. The third kappa shape index (κ3) is 3.76. The van der Waals surface area contributed by atoms with Crippen LogP contribution in [0.1, 0.15) is 31.9 Å². The van der Waals surface area contributed by atoms with E-state index >= 15 is 0 Å². The lowest BCUT2D eigenvalue weighted by Gasteiger charge is -2.22. The number of sulfonamides is 1. The van der Waals surface area contributed by atoms with Gasteiger partial charge in [-0.3, -0.25) is 8.99 Å². The van der Waals surface area contributed by atoms with Crippen LogP contribution < -0.4 is 9.62 Å². The van der Waals surface area contributed by atoms with Gasteiger partial charge in [0.05, 0.1) is 18.0 Å². The van der Waals surface area contributed by atoms with Crippen molar-refractivity contribution in [1.82, 2.24) is 20.1 Å². The fraction of sp³-hybridized carbons (Fsp3) is 0.500. The lowest BCUT2D eigenvalue weighted by Crippen LogP contribution is -2.33. The predicted molar refractivity (Wildman–Crippen MR) is 93.2 cm³/mol. The molecule has 0 bridgehead atoms. The number of nitrogens with zero attached hydrogens (tertiary/aromatic N) is 4. The zero-order chi connectivity index (χ0) is 17.2. The monoisotopic (exact) mass is 349 g/mol. The van der Waals surface area contributed by atoms with Crippen LogP contribution in [0.5, 0.6) is 0 Å². The molecule has 3 rings (SSSR count). The van der Waals surface area contributed by atoms with Gasteiger partial charge in [0, 0.05) is 18.6 Å². The van der Waals surface area contributed by atoms with Crippen molar-refractivity contribution in [3.63, 3.8) is 0 Å². The summed E-state index contributed by atoms with van der Waals surface area (Å²) in [6, 6.07) is 8.07. The number of aromatic nitrogens is 3. The zero-order valence-corrected chi connectivity index (χ0v) is 14.8. The highest BCUT2D eigenvalue weighted by Crippen LogP contribution is 2.26. The maximum atomic E-state index is 12.1. The predicted octanol–water partition coefficient (Wildman–Crippen LogP) is 1.56. The lowest BCUT2D eigenvalue weighted by molar-refractivity contribution is 0.412. The smallest absolute Gasteiger partial charge is 0.235 e. The summed E-state index contributed by atoms with van der Waals surface area (Å²) < 4.78 is 27.5. The molecular formula is C16H23N5O2S. The van der Waals surface area contributed by atoms with E-state index in [9.17, 15) is 8.42 Å². The number of rotatable bonds is 6. The first-order chi connectivity index (χ1) is 11.5. The number of hydrogen-bond donors (Lipinski definition) is 1. The highest BCUT2D eigenvalue weighted by atomic mass is 32.2. The van der Waals surface area contributed by atoms with E-state index in [0.717, 1.165) is 17.8 Å². The molecule has 0 amide bonds. The number of nitrogens with one attached hydrogen (secondary N) is 1. The molecular weight excluding hydrogens is 326 g/mol. The van der Waals surface area contributed by atoms with Gasteiger partial charge in [-0.15, -0.1) is 0 Å². The summed E-state index contributed by atoms with van der Waals surface area (Å²) in [5.74, 6) is 0.236. The molecule has 2 heterocycles. The van der Waals surface area contributed by atoms with E-state index < -0.39 is 10.0 Å². The Labute approximate surface area is 142 Å². The molecule has 0 aliphatic carbocycles. The molecule has 1 fully saturated rings. The Bertz CT molecular complexity index is 776. The van der Waals surface area contributed by atoms with Crippen LogP contribution in [0.25, 0.3) is 0 Å². The third-order valence-corrected chi connectivity index (χ3v) is 6.09. The highest BCUT2D eigenvalue weighted by Gasteiger charge is 2.28. The van der Waals surface area contributed by atoms with Gasteiger partial charge in [-0.2, -0.15) is 5.10 Å². The maximum Gasteiger partial charge on any atom is 0.235 e. The molecule has 0 radical (unpaired) electrons. The summed E-state index contributed by atoms with van der Waals surface area (Å²) in [5, 5.41) is 7.63. The Morgan fingerprint density at radius 1 is 1.33 bits per heavy atom. The summed E-state index contributed by atoms with van der Waals surface area (Å²) in [6.45, 7) is 5.46. The van der Waals surface area contributed by atoms with Crippen molar-refractivity contribution in [2.75, 3.05) is 16.6 Å². The van der Waals surface area contributed by atoms with Crippen LogP contribution in [0.3, 0.4) is 0 Å². The second-order valence-corrected chi connectivity index (χ2v) is 8.26. The van der Waals surface area contributed by atoms with Gasteiger partial charge in [-0.1, -0.05) is 12.1 Å². The molecule has 7 nitrogen and oxygen atoms in total. The average molecular weight is 349 g/mol. The zero-order valence-electron chi connectivity index (χ0n) is 14.0. The molecule has 24 heavy (non-hydrogen) atoms. The van der Waals surface area contributed by atoms with Crippen molar-refractivity contribution >= 4 is 15.7 Å². The fourth-order valence-corrected chi connectivity index (χ4v) is 4.62. The number of benzene rings is 1. The second kappa shape index (κ2) is 6.90. The minimum atomic E-state index is -3.15.